The number of nitrogens with one attached hydrogen (secondary N) is 1. The van der Waals surface area contributed by atoms with E-state index in [2.05, 4.69) is 21.4 Å². The summed E-state index contributed by atoms with van der Waals surface area (Å²) in [7, 11) is 0. The number of rotatable bonds is 1. The first-order valence-electron chi connectivity index (χ1n) is 7.66. The molecule has 5 heteroatoms. The predicted octanol–water partition coefficient (Wildman–Crippen LogP) is 1.84. The zero-order valence-electron chi connectivity index (χ0n) is 11.8. The SMILES string of the molecule is c1cc2nc(N3CCNCC34CCCCC4)ccn2n1. The minimum Gasteiger partial charge on any atom is -0.348 e. The van der Waals surface area contributed by atoms with Crippen LogP contribution in [0, 0.1) is 0 Å². The van der Waals surface area contributed by atoms with Gasteiger partial charge in [-0.15, -0.1) is 0 Å². The third-order valence-corrected chi connectivity index (χ3v) is 4.84. The monoisotopic (exact) mass is 271 g/mol. The largest absolute Gasteiger partial charge is 0.348 e. The van der Waals surface area contributed by atoms with Crippen molar-refractivity contribution < 1.29 is 0 Å². The number of aromatic nitrogens is 3. The zero-order chi connectivity index (χ0) is 13.4. The van der Waals surface area contributed by atoms with Crippen LogP contribution in [0.1, 0.15) is 32.1 Å². The lowest BCUT2D eigenvalue weighted by molar-refractivity contribution is 0.240. The van der Waals surface area contributed by atoms with E-state index >= 15 is 0 Å². The maximum Gasteiger partial charge on any atom is 0.157 e. The fraction of sp³-hybridized carbons (Fsp3) is 0.600. The van der Waals surface area contributed by atoms with E-state index in [4.69, 9.17) is 4.98 Å². The molecular formula is C15H21N5. The molecule has 0 amide bonds. The van der Waals surface area contributed by atoms with Crippen molar-refractivity contribution in [3.63, 3.8) is 0 Å². The normalized spacial score (nSPS) is 22.5. The maximum atomic E-state index is 4.81. The summed E-state index contributed by atoms with van der Waals surface area (Å²) in [6, 6.07) is 4.08. The molecule has 0 bridgehead atoms. The van der Waals surface area contributed by atoms with Gasteiger partial charge in [0.05, 0.1) is 11.7 Å². The van der Waals surface area contributed by atoms with E-state index in [9.17, 15) is 0 Å². The Kier molecular flexibility index (Phi) is 2.88. The highest BCUT2D eigenvalue weighted by Gasteiger charge is 2.40. The molecule has 1 spiro atoms. The van der Waals surface area contributed by atoms with Gasteiger partial charge in [-0.25, -0.2) is 9.50 Å². The van der Waals surface area contributed by atoms with Gasteiger partial charge >= 0.3 is 0 Å². The van der Waals surface area contributed by atoms with Crippen molar-refractivity contribution in [3.8, 4) is 0 Å². The topological polar surface area (TPSA) is 45.5 Å². The van der Waals surface area contributed by atoms with Crippen LogP contribution < -0.4 is 10.2 Å². The summed E-state index contributed by atoms with van der Waals surface area (Å²) in [6.07, 6.45) is 10.5. The quantitative estimate of drug-likeness (QED) is 0.859. The Morgan fingerprint density at radius 2 is 2.05 bits per heavy atom. The fourth-order valence-corrected chi connectivity index (χ4v) is 3.81. The fourth-order valence-electron chi connectivity index (χ4n) is 3.81. The average Bonchev–Trinajstić information content (AvgIpc) is 2.96. The van der Waals surface area contributed by atoms with Gasteiger partial charge in [0.1, 0.15) is 5.82 Å². The Labute approximate surface area is 119 Å². The van der Waals surface area contributed by atoms with Crippen molar-refractivity contribution >= 4 is 11.5 Å². The summed E-state index contributed by atoms with van der Waals surface area (Å²) in [6.45, 7) is 3.20. The number of fused-ring (bicyclic) bond motifs is 1. The molecule has 2 aromatic heterocycles. The lowest BCUT2D eigenvalue weighted by Crippen LogP contribution is -2.62. The molecule has 1 saturated heterocycles. The number of anilines is 1. The van der Waals surface area contributed by atoms with Crippen molar-refractivity contribution in [2.24, 2.45) is 0 Å². The standard InChI is InChI=1S/C15H21N5/c1-2-6-15(7-3-1)12-16-9-11-19(15)13-5-10-20-14(18-13)4-8-17-20/h4-5,8,10,16H,1-3,6-7,9,11-12H2. The number of hydrogen-bond donors (Lipinski definition) is 1. The number of hydrogen-bond acceptors (Lipinski definition) is 4. The summed E-state index contributed by atoms with van der Waals surface area (Å²) in [5.41, 5.74) is 1.22. The van der Waals surface area contributed by atoms with Crippen LogP contribution in [0.3, 0.4) is 0 Å². The minimum atomic E-state index is 0.280. The highest BCUT2D eigenvalue weighted by atomic mass is 15.3. The molecular weight excluding hydrogens is 250 g/mol. The first-order valence-corrected chi connectivity index (χ1v) is 7.66. The Hall–Kier alpha value is -1.62. The van der Waals surface area contributed by atoms with E-state index in [-0.39, 0.29) is 5.54 Å². The van der Waals surface area contributed by atoms with Crippen molar-refractivity contribution in [2.75, 3.05) is 24.5 Å². The molecule has 0 atom stereocenters. The Bertz CT molecular complexity index is 591. The zero-order valence-corrected chi connectivity index (χ0v) is 11.8. The average molecular weight is 271 g/mol. The second-order valence-corrected chi connectivity index (χ2v) is 6.03. The van der Waals surface area contributed by atoms with Crippen molar-refractivity contribution in [2.45, 2.75) is 37.6 Å². The molecule has 0 unspecified atom stereocenters. The van der Waals surface area contributed by atoms with E-state index in [1.54, 1.807) is 6.20 Å². The molecule has 3 heterocycles. The van der Waals surface area contributed by atoms with Crippen molar-refractivity contribution in [3.05, 3.63) is 24.5 Å². The molecule has 1 aliphatic heterocycles. The van der Waals surface area contributed by atoms with Gasteiger partial charge in [-0.1, -0.05) is 19.3 Å². The van der Waals surface area contributed by atoms with Crippen LogP contribution in [0.4, 0.5) is 5.82 Å². The smallest absolute Gasteiger partial charge is 0.157 e. The Morgan fingerprint density at radius 1 is 1.15 bits per heavy atom. The van der Waals surface area contributed by atoms with E-state index in [1.165, 1.54) is 32.1 Å². The minimum absolute atomic E-state index is 0.280. The number of piperazine rings is 1. The van der Waals surface area contributed by atoms with E-state index < -0.39 is 0 Å². The maximum absolute atomic E-state index is 4.81. The molecule has 106 valence electrons. The summed E-state index contributed by atoms with van der Waals surface area (Å²) < 4.78 is 1.83. The summed E-state index contributed by atoms with van der Waals surface area (Å²) in [5, 5.41) is 7.82. The molecule has 5 nitrogen and oxygen atoms in total. The number of nitrogens with zero attached hydrogens (tertiary/aromatic N) is 4. The van der Waals surface area contributed by atoms with Gasteiger partial charge < -0.3 is 10.2 Å². The second kappa shape index (κ2) is 4.74. The Balaban J connectivity index is 1.73. The van der Waals surface area contributed by atoms with Crippen LogP contribution in [0.25, 0.3) is 5.65 Å². The van der Waals surface area contributed by atoms with Gasteiger partial charge in [-0.05, 0) is 18.9 Å². The van der Waals surface area contributed by atoms with E-state index in [1.807, 2.05) is 16.8 Å². The second-order valence-electron chi connectivity index (χ2n) is 6.03. The molecule has 1 aliphatic carbocycles. The summed E-state index contributed by atoms with van der Waals surface area (Å²) in [5.74, 6) is 1.11. The lowest BCUT2D eigenvalue weighted by atomic mass is 9.79. The molecule has 0 radical (unpaired) electrons. The van der Waals surface area contributed by atoms with E-state index in [0.717, 1.165) is 31.1 Å². The van der Waals surface area contributed by atoms with Crippen LogP contribution in [0.15, 0.2) is 24.5 Å². The van der Waals surface area contributed by atoms with Gasteiger partial charge in [0.2, 0.25) is 0 Å². The molecule has 4 rings (SSSR count). The third kappa shape index (κ3) is 1.88. The van der Waals surface area contributed by atoms with Gasteiger partial charge in [0, 0.05) is 31.9 Å². The predicted molar refractivity (Wildman–Crippen MR) is 79.0 cm³/mol. The van der Waals surface area contributed by atoms with Crippen molar-refractivity contribution in [1.82, 2.24) is 19.9 Å². The van der Waals surface area contributed by atoms with Gasteiger partial charge in [0.15, 0.2) is 5.65 Å². The van der Waals surface area contributed by atoms with Crippen LogP contribution in [-0.4, -0.2) is 39.8 Å². The molecule has 2 aromatic rings. The highest BCUT2D eigenvalue weighted by molar-refractivity contribution is 5.50. The first kappa shape index (κ1) is 12.1. The van der Waals surface area contributed by atoms with Gasteiger partial charge in [-0.2, -0.15) is 5.10 Å². The van der Waals surface area contributed by atoms with Gasteiger partial charge in [0.25, 0.3) is 0 Å². The lowest BCUT2D eigenvalue weighted by Gasteiger charge is -2.50. The molecule has 0 aromatic carbocycles. The van der Waals surface area contributed by atoms with Crippen LogP contribution >= 0.6 is 0 Å². The van der Waals surface area contributed by atoms with Crippen LogP contribution in [0.5, 0.6) is 0 Å². The molecule has 1 N–H and O–H groups in total. The molecule has 2 fully saturated rings. The molecule has 20 heavy (non-hydrogen) atoms. The summed E-state index contributed by atoms with van der Waals surface area (Å²) >= 11 is 0. The van der Waals surface area contributed by atoms with Crippen molar-refractivity contribution in [1.29, 1.82) is 0 Å². The molecule has 2 aliphatic rings. The Morgan fingerprint density at radius 3 is 2.95 bits per heavy atom. The highest BCUT2D eigenvalue weighted by Crippen LogP contribution is 2.36. The third-order valence-electron chi connectivity index (χ3n) is 4.84. The first-order chi connectivity index (χ1) is 9.87. The van der Waals surface area contributed by atoms with Crippen LogP contribution in [0.2, 0.25) is 0 Å². The molecule has 1 saturated carbocycles. The van der Waals surface area contributed by atoms with E-state index in [0.29, 0.717) is 0 Å². The summed E-state index contributed by atoms with van der Waals surface area (Å²) in [4.78, 5) is 7.36. The van der Waals surface area contributed by atoms with Crippen LogP contribution in [-0.2, 0) is 0 Å². The van der Waals surface area contributed by atoms with Gasteiger partial charge in [-0.3, -0.25) is 0 Å².